The minimum atomic E-state index is 0.235. The Morgan fingerprint density at radius 2 is 1.79 bits per heavy atom. The Bertz CT molecular complexity index is 756. The van der Waals surface area contributed by atoms with Crippen LogP contribution >= 0.6 is 0 Å². The molecule has 0 saturated carbocycles. The third-order valence-electron chi connectivity index (χ3n) is 3.37. The molecule has 19 heavy (non-hydrogen) atoms. The molecule has 1 N–H and O–H groups in total. The molecule has 3 aromatic rings. The molecule has 0 aliphatic carbocycles. The molecule has 0 amide bonds. The van der Waals surface area contributed by atoms with Gasteiger partial charge in [0.15, 0.2) is 0 Å². The van der Waals surface area contributed by atoms with Crippen molar-refractivity contribution >= 4 is 10.9 Å². The molecule has 0 aliphatic heterocycles. The number of hydrogen-bond donors (Lipinski definition) is 1. The summed E-state index contributed by atoms with van der Waals surface area (Å²) in [4.78, 5) is 8.51. The van der Waals surface area contributed by atoms with E-state index in [4.69, 9.17) is 0 Å². The topological polar surface area (TPSA) is 63.8 Å². The second kappa shape index (κ2) is 4.05. The van der Waals surface area contributed by atoms with E-state index in [0.717, 1.165) is 33.4 Å². The molecule has 2 aromatic heterocycles. The smallest absolute Gasteiger partial charge is 0.126 e. The molecule has 1 aromatic carbocycles. The fraction of sp³-hybridized carbons (Fsp3) is 0.214. The van der Waals surface area contributed by atoms with Gasteiger partial charge >= 0.3 is 0 Å². The molecule has 0 atom stereocenters. The Morgan fingerprint density at radius 1 is 1.11 bits per heavy atom. The average Bonchev–Trinajstić information content (AvgIpc) is 2.75. The van der Waals surface area contributed by atoms with Crippen molar-refractivity contribution in [2.45, 2.75) is 13.8 Å². The monoisotopic (exact) mass is 254 g/mol. The zero-order valence-corrected chi connectivity index (χ0v) is 11.0. The van der Waals surface area contributed by atoms with Gasteiger partial charge < -0.3 is 5.11 Å². The lowest BCUT2D eigenvalue weighted by atomic mass is 10.00. The van der Waals surface area contributed by atoms with Crippen LogP contribution in [0.5, 0.6) is 5.75 Å². The van der Waals surface area contributed by atoms with Crippen LogP contribution in [0.25, 0.3) is 22.0 Å². The summed E-state index contributed by atoms with van der Waals surface area (Å²) < 4.78 is 1.76. The number of hydrogen-bond acceptors (Lipinski definition) is 4. The summed E-state index contributed by atoms with van der Waals surface area (Å²) in [7, 11) is 1.86. The molecule has 3 rings (SSSR count). The lowest BCUT2D eigenvalue weighted by Gasteiger charge is -2.11. The highest BCUT2D eigenvalue weighted by atomic mass is 16.3. The van der Waals surface area contributed by atoms with Crippen LogP contribution in [0.4, 0.5) is 0 Å². The molecule has 5 nitrogen and oxygen atoms in total. The van der Waals surface area contributed by atoms with Crippen LogP contribution < -0.4 is 0 Å². The predicted octanol–water partition coefficient (Wildman–Crippen LogP) is 2.35. The van der Waals surface area contributed by atoms with Gasteiger partial charge in [0.1, 0.15) is 12.1 Å². The van der Waals surface area contributed by atoms with Crippen LogP contribution in [-0.4, -0.2) is 24.9 Å². The first kappa shape index (κ1) is 11.6. The summed E-state index contributed by atoms with van der Waals surface area (Å²) in [6.07, 6.45) is 3.23. The molecule has 0 radical (unpaired) electrons. The number of phenols is 1. The van der Waals surface area contributed by atoms with Crippen LogP contribution in [0, 0.1) is 13.8 Å². The fourth-order valence-electron chi connectivity index (χ4n) is 2.46. The molecule has 0 unspecified atom stereocenters. The third-order valence-corrected chi connectivity index (χ3v) is 3.37. The molecule has 96 valence electrons. The van der Waals surface area contributed by atoms with Crippen molar-refractivity contribution in [1.82, 2.24) is 19.7 Å². The highest BCUT2D eigenvalue weighted by molar-refractivity contribution is 5.98. The molecule has 2 heterocycles. The molecule has 0 saturated heterocycles. The Balaban J connectivity index is 2.44. The van der Waals surface area contributed by atoms with Gasteiger partial charge in [0.2, 0.25) is 0 Å². The standard InChI is InChI=1S/C14H14N4O/c1-8-13(9(2)16-7-15-8)10-4-5-12(19)11-6-17-18(3)14(10)11/h4-7,19H,1-3H3. The van der Waals surface area contributed by atoms with Crippen molar-refractivity contribution in [1.29, 1.82) is 0 Å². The van der Waals surface area contributed by atoms with Gasteiger partial charge in [-0.15, -0.1) is 0 Å². The number of nitrogens with zero attached hydrogens (tertiary/aromatic N) is 4. The first-order chi connectivity index (χ1) is 9.09. The van der Waals surface area contributed by atoms with E-state index in [1.807, 2.05) is 27.0 Å². The maximum absolute atomic E-state index is 9.91. The fourth-order valence-corrected chi connectivity index (χ4v) is 2.46. The largest absolute Gasteiger partial charge is 0.507 e. The number of phenolic OH excluding ortho intramolecular Hbond substituents is 1. The van der Waals surface area contributed by atoms with Crippen molar-refractivity contribution in [2.24, 2.45) is 7.05 Å². The van der Waals surface area contributed by atoms with Crippen LogP contribution in [0.2, 0.25) is 0 Å². The number of fused-ring (bicyclic) bond motifs is 1. The summed E-state index contributed by atoms with van der Waals surface area (Å²) in [6.45, 7) is 3.91. The van der Waals surface area contributed by atoms with Crippen molar-refractivity contribution in [3.63, 3.8) is 0 Å². The molecule has 5 heteroatoms. The second-order valence-corrected chi connectivity index (χ2v) is 4.58. The summed E-state index contributed by atoms with van der Waals surface area (Å²) >= 11 is 0. The van der Waals surface area contributed by atoms with Crippen molar-refractivity contribution in [3.8, 4) is 16.9 Å². The lowest BCUT2D eigenvalue weighted by molar-refractivity contribution is 0.481. The van der Waals surface area contributed by atoms with Gasteiger partial charge in [0.25, 0.3) is 0 Å². The Kier molecular flexibility index (Phi) is 2.48. The minimum absolute atomic E-state index is 0.235. The molecule has 0 fully saturated rings. The van der Waals surface area contributed by atoms with E-state index in [1.165, 1.54) is 0 Å². The van der Waals surface area contributed by atoms with Crippen molar-refractivity contribution < 1.29 is 5.11 Å². The van der Waals surface area contributed by atoms with Gasteiger partial charge in [-0.2, -0.15) is 5.10 Å². The maximum Gasteiger partial charge on any atom is 0.126 e. The van der Waals surface area contributed by atoms with Gasteiger partial charge in [-0.05, 0) is 26.0 Å². The first-order valence-electron chi connectivity index (χ1n) is 6.02. The van der Waals surface area contributed by atoms with Crippen LogP contribution in [-0.2, 0) is 7.05 Å². The number of rotatable bonds is 1. The summed E-state index contributed by atoms with van der Waals surface area (Å²) in [5.41, 5.74) is 4.71. The van der Waals surface area contributed by atoms with E-state index >= 15 is 0 Å². The van der Waals surface area contributed by atoms with Crippen LogP contribution in [0.3, 0.4) is 0 Å². The van der Waals surface area contributed by atoms with E-state index in [2.05, 4.69) is 15.1 Å². The quantitative estimate of drug-likeness (QED) is 0.724. The minimum Gasteiger partial charge on any atom is -0.507 e. The van der Waals surface area contributed by atoms with E-state index in [1.54, 1.807) is 23.3 Å². The molecular formula is C14H14N4O. The summed E-state index contributed by atoms with van der Waals surface area (Å²) in [5.74, 6) is 0.235. The van der Waals surface area contributed by atoms with Gasteiger partial charge in [0, 0.05) is 29.6 Å². The molecule has 0 spiro atoms. The SMILES string of the molecule is Cc1ncnc(C)c1-c1ccc(O)c2cnn(C)c12. The number of benzene rings is 1. The normalized spacial score (nSPS) is 11.1. The number of aromatic hydroxyl groups is 1. The molecule has 0 bridgehead atoms. The van der Waals surface area contributed by atoms with Gasteiger partial charge in [-0.3, -0.25) is 4.68 Å². The summed E-state index contributed by atoms with van der Waals surface area (Å²) in [6, 6.07) is 3.57. The van der Waals surface area contributed by atoms with Crippen molar-refractivity contribution in [2.75, 3.05) is 0 Å². The number of aromatic nitrogens is 4. The van der Waals surface area contributed by atoms with Crippen molar-refractivity contribution in [3.05, 3.63) is 36.0 Å². The highest BCUT2D eigenvalue weighted by Gasteiger charge is 2.15. The van der Waals surface area contributed by atoms with Crippen LogP contribution in [0.1, 0.15) is 11.4 Å². The van der Waals surface area contributed by atoms with E-state index in [9.17, 15) is 5.11 Å². The average molecular weight is 254 g/mol. The Labute approximate surface area is 110 Å². The molecule has 0 aliphatic rings. The van der Waals surface area contributed by atoms with E-state index in [0.29, 0.717) is 0 Å². The molecular weight excluding hydrogens is 240 g/mol. The van der Waals surface area contributed by atoms with E-state index in [-0.39, 0.29) is 5.75 Å². The van der Waals surface area contributed by atoms with E-state index < -0.39 is 0 Å². The number of aryl methyl sites for hydroxylation is 3. The maximum atomic E-state index is 9.91. The highest BCUT2D eigenvalue weighted by Crippen LogP contribution is 2.35. The lowest BCUT2D eigenvalue weighted by Crippen LogP contribution is -1.98. The Hall–Kier alpha value is -2.43. The van der Waals surface area contributed by atoms with Gasteiger partial charge in [-0.1, -0.05) is 0 Å². The second-order valence-electron chi connectivity index (χ2n) is 4.58. The first-order valence-corrected chi connectivity index (χ1v) is 6.02. The predicted molar refractivity (Wildman–Crippen MR) is 72.9 cm³/mol. The summed E-state index contributed by atoms with van der Waals surface area (Å²) in [5, 5.41) is 14.9. The van der Waals surface area contributed by atoms with Crippen LogP contribution in [0.15, 0.2) is 24.7 Å². The van der Waals surface area contributed by atoms with Gasteiger partial charge in [-0.25, -0.2) is 9.97 Å². The van der Waals surface area contributed by atoms with Gasteiger partial charge in [0.05, 0.1) is 17.1 Å². The zero-order valence-electron chi connectivity index (χ0n) is 11.0. The zero-order chi connectivity index (χ0) is 13.6. The third kappa shape index (κ3) is 1.66. The Morgan fingerprint density at radius 3 is 2.47 bits per heavy atom.